The Balaban J connectivity index is 2.09. The second-order valence-corrected chi connectivity index (χ2v) is 5.59. The molecule has 0 aliphatic heterocycles. The van der Waals surface area contributed by atoms with Gasteiger partial charge in [0.1, 0.15) is 5.69 Å². The largest absolute Gasteiger partial charge is 0.354 e. The summed E-state index contributed by atoms with van der Waals surface area (Å²) in [6, 6.07) is 8.40. The van der Waals surface area contributed by atoms with Crippen LogP contribution in [-0.2, 0) is 0 Å². The van der Waals surface area contributed by atoms with Crippen molar-refractivity contribution < 1.29 is 9.59 Å². The first-order chi connectivity index (χ1) is 11.5. The van der Waals surface area contributed by atoms with Crippen molar-refractivity contribution in [2.75, 3.05) is 17.2 Å². The summed E-state index contributed by atoms with van der Waals surface area (Å²) in [6.07, 6.45) is 2.09. The smallest absolute Gasteiger partial charge is 0.274 e. The van der Waals surface area contributed by atoms with Crippen molar-refractivity contribution in [3.63, 3.8) is 0 Å². The third-order valence-corrected chi connectivity index (χ3v) is 3.45. The standard InChI is InChI=1S/C18H22N4O2/c1-4-5-10-19-18-20-12(2)11-16(22-18)17(24)21-15-8-6-14(7-9-15)13(3)23/h6-9,11H,4-5,10H2,1-3H3,(H,21,24)(H,19,20,22). The minimum absolute atomic E-state index is 0.0119. The number of ketones is 1. The van der Waals surface area contributed by atoms with Crippen molar-refractivity contribution >= 4 is 23.3 Å². The maximum absolute atomic E-state index is 12.4. The number of Topliss-reactive ketones (excluding diaryl/α,β-unsaturated/α-hetero) is 1. The van der Waals surface area contributed by atoms with Crippen LogP contribution < -0.4 is 10.6 Å². The Bertz CT molecular complexity index is 726. The number of rotatable bonds is 7. The number of nitrogens with one attached hydrogen (secondary N) is 2. The van der Waals surface area contributed by atoms with Crippen molar-refractivity contribution in [2.45, 2.75) is 33.6 Å². The topological polar surface area (TPSA) is 84.0 Å². The SMILES string of the molecule is CCCCNc1nc(C)cc(C(=O)Nc2ccc(C(C)=O)cc2)n1. The van der Waals surface area contributed by atoms with Gasteiger partial charge in [-0.1, -0.05) is 13.3 Å². The average Bonchev–Trinajstić information content (AvgIpc) is 2.55. The summed E-state index contributed by atoms with van der Waals surface area (Å²) in [4.78, 5) is 32.2. The molecule has 0 bridgehead atoms. The molecule has 0 saturated carbocycles. The van der Waals surface area contributed by atoms with Crippen LogP contribution in [0.5, 0.6) is 0 Å². The Morgan fingerprint density at radius 3 is 2.46 bits per heavy atom. The molecule has 0 aliphatic carbocycles. The van der Waals surface area contributed by atoms with Crippen LogP contribution in [0.4, 0.5) is 11.6 Å². The van der Waals surface area contributed by atoms with Gasteiger partial charge in [-0.2, -0.15) is 0 Å². The molecule has 0 aliphatic rings. The molecular weight excluding hydrogens is 304 g/mol. The van der Waals surface area contributed by atoms with Crippen molar-refractivity contribution in [3.8, 4) is 0 Å². The van der Waals surface area contributed by atoms with Gasteiger partial charge >= 0.3 is 0 Å². The van der Waals surface area contributed by atoms with Crippen LogP contribution in [0.25, 0.3) is 0 Å². The van der Waals surface area contributed by atoms with Crippen LogP contribution >= 0.6 is 0 Å². The molecule has 126 valence electrons. The van der Waals surface area contributed by atoms with Gasteiger partial charge in [-0.3, -0.25) is 9.59 Å². The summed E-state index contributed by atoms with van der Waals surface area (Å²) in [5, 5.41) is 5.90. The first-order valence-electron chi connectivity index (χ1n) is 8.01. The van der Waals surface area contributed by atoms with Gasteiger partial charge in [0.2, 0.25) is 5.95 Å². The lowest BCUT2D eigenvalue weighted by atomic mass is 10.1. The fourth-order valence-electron chi connectivity index (χ4n) is 2.12. The van der Waals surface area contributed by atoms with Crippen molar-refractivity contribution in [2.24, 2.45) is 0 Å². The zero-order valence-electron chi connectivity index (χ0n) is 14.2. The van der Waals surface area contributed by atoms with Crippen LogP contribution in [0.3, 0.4) is 0 Å². The van der Waals surface area contributed by atoms with Gasteiger partial charge < -0.3 is 10.6 Å². The van der Waals surface area contributed by atoms with Gasteiger partial charge in [-0.25, -0.2) is 9.97 Å². The Morgan fingerprint density at radius 1 is 1.12 bits per heavy atom. The Hall–Kier alpha value is -2.76. The highest BCUT2D eigenvalue weighted by Gasteiger charge is 2.11. The maximum Gasteiger partial charge on any atom is 0.274 e. The lowest BCUT2D eigenvalue weighted by molar-refractivity contribution is 0.101. The van der Waals surface area contributed by atoms with E-state index < -0.39 is 0 Å². The molecule has 6 nitrogen and oxygen atoms in total. The number of hydrogen-bond donors (Lipinski definition) is 2. The first kappa shape index (κ1) is 17.6. The molecular formula is C18H22N4O2. The van der Waals surface area contributed by atoms with E-state index in [9.17, 15) is 9.59 Å². The lowest BCUT2D eigenvalue weighted by Gasteiger charge is -2.09. The summed E-state index contributed by atoms with van der Waals surface area (Å²) in [5.74, 6) is 0.136. The van der Waals surface area contributed by atoms with Crippen LogP contribution in [0.2, 0.25) is 0 Å². The van der Waals surface area contributed by atoms with Crippen molar-refractivity contribution in [1.29, 1.82) is 0 Å². The molecule has 0 radical (unpaired) electrons. The van der Waals surface area contributed by atoms with Gasteiger partial charge in [-0.15, -0.1) is 0 Å². The Kier molecular flexibility index (Phi) is 6.01. The third kappa shape index (κ3) is 4.87. The Morgan fingerprint density at radius 2 is 1.83 bits per heavy atom. The van der Waals surface area contributed by atoms with Crippen LogP contribution in [-0.4, -0.2) is 28.2 Å². The zero-order chi connectivity index (χ0) is 17.5. The number of benzene rings is 1. The highest BCUT2D eigenvalue weighted by atomic mass is 16.2. The highest BCUT2D eigenvalue weighted by molar-refractivity contribution is 6.03. The summed E-state index contributed by atoms with van der Waals surface area (Å²) in [6.45, 7) is 6.21. The second-order valence-electron chi connectivity index (χ2n) is 5.59. The van der Waals surface area contributed by atoms with E-state index >= 15 is 0 Å². The van der Waals surface area contributed by atoms with Gasteiger partial charge in [-0.05, 0) is 50.6 Å². The number of carbonyl (C=O) groups is 2. The van der Waals surface area contributed by atoms with Crippen LogP contribution in [0.15, 0.2) is 30.3 Å². The molecule has 0 atom stereocenters. The predicted octanol–water partition coefficient (Wildman–Crippen LogP) is 3.45. The number of amides is 1. The summed E-state index contributed by atoms with van der Waals surface area (Å²) >= 11 is 0. The molecule has 1 aromatic heterocycles. The quantitative estimate of drug-likeness (QED) is 0.601. The van der Waals surface area contributed by atoms with Crippen molar-refractivity contribution in [3.05, 3.63) is 47.3 Å². The minimum Gasteiger partial charge on any atom is -0.354 e. The fraction of sp³-hybridized carbons (Fsp3) is 0.333. The molecule has 1 aromatic carbocycles. The molecule has 2 aromatic rings. The monoisotopic (exact) mass is 326 g/mol. The molecule has 0 saturated heterocycles. The number of nitrogens with zero attached hydrogens (tertiary/aromatic N) is 2. The number of unbranched alkanes of at least 4 members (excludes halogenated alkanes) is 1. The average molecular weight is 326 g/mol. The number of aromatic nitrogens is 2. The van der Waals surface area contributed by atoms with Gasteiger partial charge in [0, 0.05) is 23.5 Å². The summed E-state index contributed by atoms with van der Waals surface area (Å²) in [7, 11) is 0. The molecule has 1 heterocycles. The maximum atomic E-state index is 12.4. The van der Waals surface area contributed by atoms with E-state index in [0.29, 0.717) is 22.9 Å². The molecule has 2 rings (SSSR count). The number of carbonyl (C=O) groups excluding carboxylic acids is 2. The van der Waals surface area contributed by atoms with Gasteiger partial charge in [0.15, 0.2) is 5.78 Å². The lowest BCUT2D eigenvalue weighted by Crippen LogP contribution is -2.16. The minimum atomic E-state index is -0.311. The third-order valence-electron chi connectivity index (χ3n) is 3.45. The number of anilines is 2. The predicted molar refractivity (Wildman–Crippen MR) is 94.6 cm³/mol. The van der Waals surface area contributed by atoms with E-state index in [1.54, 1.807) is 30.3 Å². The van der Waals surface area contributed by atoms with Crippen LogP contribution in [0.1, 0.15) is 53.2 Å². The fourth-order valence-corrected chi connectivity index (χ4v) is 2.12. The molecule has 6 heteroatoms. The normalized spacial score (nSPS) is 10.3. The van der Waals surface area contributed by atoms with E-state index in [0.717, 1.165) is 25.1 Å². The van der Waals surface area contributed by atoms with E-state index in [-0.39, 0.29) is 11.7 Å². The first-order valence-corrected chi connectivity index (χ1v) is 8.01. The van der Waals surface area contributed by atoms with E-state index in [1.807, 2.05) is 6.92 Å². The molecule has 0 unspecified atom stereocenters. The molecule has 0 fully saturated rings. The van der Waals surface area contributed by atoms with Crippen molar-refractivity contribution in [1.82, 2.24) is 9.97 Å². The molecule has 1 amide bonds. The highest BCUT2D eigenvalue weighted by Crippen LogP contribution is 2.12. The van der Waals surface area contributed by atoms with E-state index in [1.165, 1.54) is 6.92 Å². The summed E-state index contributed by atoms with van der Waals surface area (Å²) in [5.41, 5.74) is 2.24. The van der Waals surface area contributed by atoms with E-state index in [4.69, 9.17) is 0 Å². The van der Waals surface area contributed by atoms with E-state index in [2.05, 4.69) is 27.5 Å². The van der Waals surface area contributed by atoms with Crippen LogP contribution in [0, 0.1) is 6.92 Å². The molecule has 24 heavy (non-hydrogen) atoms. The number of hydrogen-bond acceptors (Lipinski definition) is 5. The van der Waals surface area contributed by atoms with Gasteiger partial charge in [0.05, 0.1) is 0 Å². The second kappa shape index (κ2) is 8.19. The zero-order valence-corrected chi connectivity index (χ0v) is 14.2. The Labute approximate surface area is 141 Å². The molecule has 0 spiro atoms. The van der Waals surface area contributed by atoms with Gasteiger partial charge in [0.25, 0.3) is 5.91 Å². The number of aryl methyl sites for hydroxylation is 1. The molecule has 2 N–H and O–H groups in total. The summed E-state index contributed by atoms with van der Waals surface area (Å²) < 4.78 is 0.